The molecule has 2 aromatic carbocycles. The summed E-state index contributed by atoms with van der Waals surface area (Å²) in [5.41, 5.74) is 4.24. The Kier molecular flexibility index (Phi) is 5.56. The molecule has 0 spiro atoms. The third kappa shape index (κ3) is 4.33. The molecule has 3 heterocycles. The smallest absolute Gasteiger partial charge is 0.293 e. The minimum atomic E-state index is -0.326. The van der Waals surface area contributed by atoms with Gasteiger partial charge in [0.05, 0.1) is 24.9 Å². The van der Waals surface area contributed by atoms with E-state index in [1.807, 2.05) is 35.2 Å². The molecule has 4 aromatic rings. The fourth-order valence-electron chi connectivity index (χ4n) is 3.76. The van der Waals surface area contributed by atoms with E-state index in [2.05, 4.69) is 34.6 Å². The van der Waals surface area contributed by atoms with E-state index in [0.29, 0.717) is 31.1 Å². The van der Waals surface area contributed by atoms with Crippen molar-refractivity contribution in [3.8, 4) is 11.1 Å². The lowest BCUT2D eigenvalue weighted by Gasteiger charge is -2.26. The molecule has 5 rings (SSSR count). The van der Waals surface area contributed by atoms with Crippen LogP contribution in [0.25, 0.3) is 11.1 Å². The van der Waals surface area contributed by atoms with Crippen molar-refractivity contribution in [2.24, 2.45) is 0 Å². The Balaban J connectivity index is 1.21. The van der Waals surface area contributed by atoms with Crippen LogP contribution in [0.15, 0.2) is 77.4 Å². The number of fused-ring (bicyclic) bond motifs is 1. The summed E-state index contributed by atoms with van der Waals surface area (Å²) in [5, 5.41) is 3.31. The van der Waals surface area contributed by atoms with Crippen molar-refractivity contribution in [2.75, 3.05) is 11.9 Å². The zero-order valence-corrected chi connectivity index (χ0v) is 18.1. The van der Waals surface area contributed by atoms with Crippen LogP contribution in [0.4, 0.5) is 5.13 Å². The summed E-state index contributed by atoms with van der Waals surface area (Å²) in [6.07, 6.45) is 2.51. The number of nitrogens with one attached hydrogen (secondary N) is 1. The number of hydrogen-bond acceptors (Lipinski definition) is 5. The first-order valence-electron chi connectivity index (χ1n) is 10.4. The first-order valence-corrected chi connectivity index (χ1v) is 11.2. The summed E-state index contributed by atoms with van der Waals surface area (Å²) in [6, 6.07) is 21.6. The molecule has 32 heavy (non-hydrogen) atoms. The van der Waals surface area contributed by atoms with Crippen LogP contribution in [0, 0.1) is 0 Å². The van der Waals surface area contributed by atoms with Gasteiger partial charge in [-0.1, -0.05) is 65.9 Å². The Labute approximate surface area is 189 Å². The van der Waals surface area contributed by atoms with Crippen LogP contribution in [0.2, 0.25) is 0 Å². The van der Waals surface area contributed by atoms with E-state index in [1.54, 1.807) is 12.1 Å². The van der Waals surface area contributed by atoms with Crippen molar-refractivity contribution in [1.82, 2.24) is 9.88 Å². The largest absolute Gasteiger partial charge is 0.459 e. The second kappa shape index (κ2) is 8.80. The Morgan fingerprint density at radius 3 is 2.53 bits per heavy atom. The molecule has 2 aromatic heterocycles. The number of aromatic nitrogens is 1. The fraction of sp³-hybridized carbons (Fsp3) is 0.160. The lowest BCUT2D eigenvalue weighted by molar-refractivity contribution is -0.131. The maximum absolute atomic E-state index is 12.9. The summed E-state index contributed by atoms with van der Waals surface area (Å²) in [5.74, 6) is 0.0129. The van der Waals surface area contributed by atoms with Crippen LogP contribution < -0.4 is 5.32 Å². The molecule has 7 heteroatoms. The van der Waals surface area contributed by atoms with E-state index in [1.165, 1.54) is 17.6 Å². The van der Waals surface area contributed by atoms with Crippen LogP contribution in [-0.4, -0.2) is 28.2 Å². The van der Waals surface area contributed by atoms with Crippen LogP contribution >= 0.6 is 11.3 Å². The standard InChI is InChI=1S/C25H21N3O3S/c29-23(15-17-8-10-19(11-9-17)18-5-2-1-3-6-18)28-13-12-20-22(16-28)32-25(26-20)27-24(30)21-7-4-14-31-21/h1-11,14H,12-13,15-16H2,(H,26,27,30). The lowest BCUT2D eigenvalue weighted by Crippen LogP contribution is -2.36. The number of benzene rings is 2. The van der Waals surface area contributed by atoms with Gasteiger partial charge in [-0.05, 0) is 28.8 Å². The molecule has 0 saturated heterocycles. The third-order valence-corrected chi connectivity index (χ3v) is 6.46. The van der Waals surface area contributed by atoms with Crippen LogP contribution in [0.1, 0.15) is 26.7 Å². The number of nitrogens with zero attached hydrogens (tertiary/aromatic N) is 2. The second-order valence-electron chi connectivity index (χ2n) is 7.63. The molecule has 0 fully saturated rings. The van der Waals surface area contributed by atoms with Crippen LogP contribution in [0.5, 0.6) is 0 Å². The summed E-state index contributed by atoms with van der Waals surface area (Å²) >= 11 is 1.41. The van der Waals surface area contributed by atoms with Crippen molar-refractivity contribution < 1.29 is 14.0 Å². The molecule has 6 nitrogen and oxygen atoms in total. The molecule has 1 aliphatic heterocycles. The number of furan rings is 1. The molecule has 0 aliphatic carbocycles. The first kappa shape index (κ1) is 20.2. The van der Waals surface area contributed by atoms with Crippen molar-refractivity contribution in [1.29, 1.82) is 0 Å². The molecular formula is C25H21N3O3S. The average molecular weight is 444 g/mol. The van der Waals surface area contributed by atoms with Gasteiger partial charge in [0.25, 0.3) is 5.91 Å². The van der Waals surface area contributed by atoms with Gasteiger partial charge in [-0.15, -0.1) is 0 Å². The molecule has 2 amide bonds. The SMILES string of the molecule is O=C(Nc1nc2c(s1)CN(C(=O)Cc1ccc(-c3ccccc3)cc1)CC2)c1ccco1. The van der Waals surface area contributed by atoms with Gasteiger partial charge in [0.2, 0.25) is 5.91 Å². The summed E-state index contributed by atoms with van der Waals surface area (Å²) < 4.78 is 5.12. The van der Waals surface area contributed by atoms with Gasteiger partial charge >= 0.3 is 0 Å². The van der Waals surface area contributed by atoms with Gasteiger partial charge in [0.15, 0.2) is 10.9 Å². The Hall–Kier alpha value is -3.71. The normalized spacial score (nSPS) is 12.9. The number of anilines is 1. The maximum Gasteiger partial charge on any atom is 0.293 e. The van der Waals surface area contributed by atoms with Crippen LogP contribution in [-0.2, 0) is 24.2 Å². The number of thiazole rings is 1. The fourth-order valence-corrected chi connectivity index (χ4v) is 4.78. The molecule has 0 atom stereocenters. The van der Waals surface area contributed by atoms with Gasteiger partial charge in [0, 0.05) is 17.8 Å². The molecule has 0 bridgehead atoms. The van der Waals surface area contributed by atoms with Gasteiger partial charge < -0.3 is 9.32 Å². The molecule has 0 saturated carbocycles. The zero-order chi connectivity index (χ0) is 21.9. The first-order chi connectivity index (χ1) is 15.7. The maximum atomic E-state index is 12.9. The predicted molar refractivity (Wildman–Crippen MR) is 123 cm³/mol. The topological polar surface area (TPSA) is 75.4 Å². The summed E-state index contributed by atoms with van der Waals surface area (Å²) in [6.45, 7) is 1.15. The van der Waals surface area contributed by atoms with Crippen molar-refractivity contribution in [3.05, 3.63) is 94.9 Å². The number of amides is 2. The van der Waals surface area contributed by atoms with E-state index < -0.39 is 0 Å². The number of rotatable bonds is 5. The highest BCUT2D eigenvalue weighted by atomic mass is 32.1. The van der Waals surface area contributed by atoms with Gasteiger partial charge in [0.1, 0.15) is 0 Å². The summed E-state index contributed by atoms with van der Waals surface area (Å²) in [7, 11) is 0. The highest BCUT2D eigenvalue weighted by Gasteiger charge is 2.25. The van der Waals surface area contributed by atoms with Gasteiger partial charge in [-0.25, -0.2) is 4.98 Å². The monoisotopic (exact) mass is 443 g/mol. The molecule has 1 N–H and O–H groups in total. The number of carbonyl (C=O) groups is 2. The molecular weight excluding hydrogens is 422 g/mol. The molecule has 0 radical (unpaired) electrons. The Morgan fingerprint density at radius 1 is 1.00 bits per heavy atom. The average Bonchev–Trinajstić information content (AvgIpc) is 3.49. The number of carbonyl (C=O) groups excluding carboxylic acids is 2. The highest BCUT2D eigenvalue weighted by molar-refractivity contribution is 7.15. The van der Waals surface area contributed by atoms with Gasteiger partial charge in [-0.2, -0.15) is 0 Å². The molecule has 1 aliphatic rings. The Bertz CT molecular complexity index is 1230. The minimum Gasteiger partial charge on any atom is -0.459 e. The van der Waals surface area contributed by atoms with Crippen molar-refractivity contribution in [3.63, 3.8) is 0 Å². The van der Waals surface area contributed by atoms with E-state index >= 15 is 0 Å². The number of hydrogen-bond donors (Lipinski definition) is 1. The highest BCUT2D eigenvalue weighted by Crippen LogP contribution is 2.29. The van der Waals surface area contributed by atoms with Crippen molar-refractivity contribution >= 4 is 28.3 Å². The van der Waals surface area contributed by atoms with Crippen LogP contribution in [0.3, 0.4) is 0 Å². The minimum absolute atomic E-state index is 0.0951. The quantitative estimate of drug-likeness (QED) is 0.482. The van der Waals surface area contributed by atoms with E-state index in [-0.39, 0.29) is 17.6 Å². The predicted octanol–water partition coefficient (Wildman–Crippen LogP) is 4.78. The van der Waals surface area contributed by atoms with Crippen molar-refractivity contribution in [2.45, 2.75) is 19.4 Å². The second-order valence-corrected chi connectivity index (χ2v) is 8.71. The summed E-state index contributed by atoms with van der Waals surface area (Å²) in [4.78, 5) is 32.5. The third-order valence-electron chi connectivity index (χ3n) is 5.47. The van der Waals surface area contributed by atoms with Gasteiger partial charge in [-0.3, -0.25) is 14.9 Å². The van der Waals surface area contributed by atoms with E-state index in [0.717, 1.165) is 27.3 Å². The lowest BCUT2D eigenvalue weighted by atomic mass is 10.0. The molecule has 0 unspecified atom stereocenters. The Morgan fingerprint density at radius 2 is 1.78 bits per heavy atom. The van der Waals surface area contributed by atoms with E-state index in [9.17, 15) is 9.59 Å². The van der Waals surface area contributed by atoms with E-state index in [4.69, 9.17) is 4.42 Å². The zero-order valence-electron chi connectivity index (χ0n) is 17.3. The molecule has 160 valence electrons.